The molecule has 0 nitrogen and oxygen atoms in total. The van der Waals surface area contributed by atoms with Gasteiger partial charge in [0.2, 0.25) is 0 Å². The Morgan fingerprint density at radius 2 is 1.45 bits per heavy atom. The van der Waals surface area contributed by atoms with Gasteiger partial charge in [-0.15, -0.1) is 0 Å². The van der Waals surface area contributed by atoms with Crippen LogP contribution in [-0.2, 0) is 6.42 Å². The number of rotatable bonds is 3. The Balaban J connectivity index is 0.000000956. The van der Waals surface area contributed by atoms with Gasteiger partial charge in [-0.2, -0.15) is 0 Å². The molecule has 0 saturated carbocycles. The summed E-state index contributed by atoms with van der Waals surface area (Å²) in [7, 11) is 0. The van der Waals surface area contributed by atoms with Crippen LogP contribution in [0, 0.1) is 20.8 Å². The fourth-order valence-electron chi connectivity index (χ4n) is 2.02. The molecule has 0 heterocycles. The maximum absolute atomic E-state index is 4.21. The first-order valence-electron chi connectivity index (χ1n) is 7.37. The summed E-state index contributed by atoms with van der Waals surface area (Å²) in [5.74, 6) is 0. The van der Waals surface area contributed by atoms with E-state index in [-0.39, 0.29) is 0 Å². The summed E-state index contributed by atoms with van der Waals surface area (Å²) in [5, 5.41) is 0. The van der Waals surface area contributed by atoms with Gasteiger partial charge in [-0.05, 0) is 55.0 Å². The first-order valence-corrected chi connectivity index (χ1v) is 7.37. The lowest BCUT2D eigenvalue weighted by atomic mass is 9.96. The van der Waals surface area contributed by atoms with Crippen LogP contribution >= 0.6 is 0 Å². The summed E-state index contributed by atoms with van der Waals surface area (Å²) < 4.78 is 0. The SMILES string of the molecule is C=C(Cc1ccc(C)cc1)c1ccc(C)c(C)c1.CC. The molecule has 0 aromatic heterocycles. The number of hydrogen-bond acceptors (Lipinski definition) is 0. The number of hydrogen-bond donors (Lipinski definition) is 0. The molecule has 2 aromatic rings. The van der Waals surface area contributed by atoms with Crippen molar-refractivity contribution in [1.82, 2.24) is 0 Å². The lowest BCUT2D eigenvalue weighted by Gasteiger charge is -2.09. The van der Waals surface area contributed by atoms with Crippen LogP contribution in [0.1, 0.15) is 41.7 Å². The van der Waals surface area contributed by atoms with Crippen molar-refractivity contribution in [1.29, 1.82) is 0 Å². The monoisotopic (exact) mass is 266 g/mol. The zero-order valence-electron chi connectivity index (χ0n) is 13.5. The van der Waals surface area contributed by atoms with Gasteiger partial charge in [0.15, 0.2) is 0 Å². The molecule has 0 atom stereocenters. The van der Waals surface area contributed by atoms with Crippen LogP contribution in [0.3, 0.4) is 0 Å². The predicted molar refractivity (Wildman–Crippen MR) is 91.2 cm³/mol. The Bertz CT molecular complexity index is 559. The average Bonchev–Trinajstić information content (AvgIpc) is 2.46. The summed E-state index contributed by atoms with van der Waals surface area (Å²) in [6.07, 6.45) is 0.919. The highest BCUT2D eigenvalue weighted by Gasteiger charge is 2.02. The summed E-state index contributed by atoms with van der Waals surface area (Å²) >= 11 is 0. The minimum absolute atomic E-state index is 0.919. The summed E-state index contributed by atoms with van der Waals surface area (Å²) in [6.45, 7) is 14.6. The highest BCUT2D eigenvalue weighted by molar-refractivity contribution is 5.66. The van der Waals surface area contributed by atoms with Gasteiger partial charge in [-0.1, -0.05) is 68.5 Å². The molecule has 0 spiro atoms. The van der Waals surface area contributed by atoms with Gasteiger partial charge in [0.05, 0.1) is 0 Å². The van der Waals surface area contributed by atoms with Crippen molar-refractivity contribution < 1.29 is 0 Å². The second-order valence-corrected chi connectivity index (χ2v) is 5.06. The van der Waals surface area contributed by atoms with Crippen LogP contribution < -0.4 is 0 Å². The summed E-state index contributed by atoms with van der Waals surface area (Å²) in [4.78, 5) is 0. The molecule has 0 aliphatic heterocycles. The third-order valence-electron chi connectivity index (χ3n) is 3.45. The molecule has 0 fully saturated rings. The van der Waals surface area contributed by atoms with Gasteiger partial charge in [0.25, 0.3) is 0 Å². The second-order valence-electron chi connectivity index (χ2n) is 5.06. The minimum atomic E-state index is 0.919. The van der Waals surface area contributed by atoms with Gasteiger partial charge in [-0.25, -0.2) is 0 Å². The molecule has 0 aliphatic carbocycles. The van der Waals surface area contributed by atoms with Gasteiger partial charge in [0.1, 0.15) is 0 Å². The molecule has 20 heavy (non-hydrogen) atoms. The van der Waals surface area contributed by atoms with Crippen molar-refractivity contribution in [3.05, 3.63) is 76.9 Å². The smallest absolute Gasteiger partial charge is 0.00257 e. The largest absolute Gasteiger partial charge is 0.0949 e. The lowest BCUT2D eigenvalue weighted by Crippen LogP contribution is -1.91. The van der Waals surface area contributed by atoms with Crippen LogP contribution in [0.4, 0.5) is 0 Å². The van der Waals surface area contributed by atoms with E-state index in [1.54, 1.807) is 0 Å². The van der Waals surface area contributed by atoms with Crippen molar-refractivity contribution in [2.75, 3.05) is 0 Å². The van der Waals surface area contributed by atoms with E-state index in [9.17, 15) is 0 Å². The van der Waals surface area contributed by atoms with E-state index in [1.165, 1.54) is 33.4 Å². The van der Waals surface area contributed by atoms with Crippen molar-refractivity contribution in [2.45, 2.75) is 41.0 Å². The molecular formula is C20H26. The number of allylic oxidation sites excluding steroid dienone is 1. The Morgan fingerprint density at radius 1 is 0.850 bits per heavy atom. The van der Waals surface area contributed by atoms with Crippen LogP contribution in [0.5, 0.6) is 0 Å². The predicted octanol–water partition coefficient (Wildman–Crippen LogP) is 5.89. The second kappa shape index (κ2) is 7.69. The topological polar surface area (TPSA) is 0 Å². The van der Waals surface area contributed by atoms with Crippen LogP contribution in [0.15, 0.2) is 49.0 Å². The molecule has 0 aliphatic rings. The normalized spacial score (nSPS) is 9.65. The van der Waals surface area contributed by atoms with E-state index in [1.807, 2.05) is 13.8 Å². The third-order valence-corrected chi connectivity index (χ3v) is 3.45. The maximum atomic E-state index is 4.21. The van der Waals surface area contributed by atoms with Crippen LogP contribution in [0.2, 0.25) is 0 Å². The molecule has 0 amide bonds. The van der Waals surface area contributed by atoms with Gasteiger partial charge < -0.3 is 0 Å². The molecule has 0 bridgehead atoms. The average molecular weight is 266 g/mol. The molecule has 0 N–H and O–H groups in total. The van der Waals surface area contributed by atoms with Crippen molar-refractivity contribution in [3.63, 3.8) is 0 Å². The van der Waals surface area contributed by atoms with Gasteiger partial charge in [-0.3, -0.25) is 0 Å². The van der Waals surface area contributed by atoms with E-state index in [4.69, 9.17) is 0 Å². The van der Waals surface area contributed by atoms with Gasteiger partial charge >= 0.3 is 0 Å². The third kappa shape index (κ3) is 4.38. The maximum Gasteiger partial charge on any atom is -0.00257 e. The van der Waals surface area contributed by atoms with Crippen molar-refractivity contribution in [3.8, 4) is 0 Å². The molecule has 2 rings (SSSR count). The highest BCUT2D eigenvalue weighted by atomic mass is 14.1. The molecular weight excluding hydrogens is 240 g/mol. The zero-order chi connectivity index (χ0) is 15.1. The summed E-state index contributed by atoms with van der Waals surface area (Å²) in [6, 6.07) is 15.2. The zero-order valence-corrected chi connectivity index (χ0v) is 13.5. The minimum Gasteiger partial charge on any atom is -0.0949 e. The van der Waals surface area contributed by atoms with Crippen LogP contribution in [-0.4, -0.2) is 0 Å². The van der Waals surface area contributed by atoms with E-state index >= 15 is 0 Å². The quantitative estimate of drug-likeness (QED) is 0.649. The molecule has 0 saturated heterocycles. The number of benzene rings is 2. The van der Waals surface area contributed by atoms with E-state index in [0.29, 0.717) is 0 Å². The van der Waals surface area contributed by atoms with Crippen LogP contribution in [0.25, 0.3) is 5.57 Å². The van der Waals surface area contributed by atoms with E-state index in [0.717, 1.165) is 6.42 Å². The van der Waals surface area contributed by atoms with E-state index in [2.05, 4.69) is 69.8 Å². The lowest BCUT2D eigenvalue weighted by molar-refractivity contribution is 1.25. The Labute approximate surface area is 124 Å². The van der Waals surface area contributed by atoms with Gasteiger partial charge in [0, 0.05) is 0 Å². The Kier molecular flexibility index (Phi) is 6.24. The fraction of sp³-hybridized carbons (Fsp3) is 0.300. The molecule has 0 radical (unpaired) electrons. The fourth-order valence-corrected chi connectivity index (χ4v) is 2.02. The number of aryl methyl sites for hydroxylation is 3. The van der Waals surface area contributed by atoms with Crippen molar-refractivity contribution >= 4 is 5.57 Å². The first kappa shape index (κ1) is 16.2. The molecule has 0 unspecified atom stereocenters. The first-order chi connectivity index (χ1) is 9.56. The summed E-state index contributed by atoms with van der Waals surface area (Å²) in [5.41, 5.74) is 7.72. The Hall–Kier alpha value is -1.82. The standard InChI is InChI=1S/C18H20.C2H6/c1-13-5-8-17(9-6-13)11-16(4)18-10-7-14(2)15(3)12-18;1-2/h5-10,12H,4,11H2,1-3H3;1-2H3. The molecule has 0 heteroatoms. The molecule has 2 aromatic carbocycles. The van der Waals surface area contributed by atoms with E-state index < -0.39 is 0 Å². The highest BCUT2D eigenvalue weighted by Crippen LogP contribution is 2.20. The molecule has 106 valence electrons. The van der Waals surface area contributed by atoms with Crippen molar-refractivity contribution in [2.24, 2.45) is 0 Å². The Morgan fingerprint density at radius 3 is 2.00 bits per heavy atom.